The lowest BCUT2D eigenvalue weighted by molar-refractivity contribution is 0.575. The summed E-state index contributed by atoms with van der Waals surface area (Å²) in [7, 11) is 0. The van der Waals surface area contributed by atoms with E-state index in [1.54, 1.807) is 12.1 Å². The lowest BCUT2D eigenvalue weighted by Gasteiger charge is -2.17. The third-order valence-electron chi connectivity index (χ3n) is 2.80. The fraction of sp³-hybridized carbons (Fsp3) is 0.154. The first-order chi connectivity index (χ1) is 9.21. The number of benzene rings is 1. The maximum atomic E-state index is 13.3. The number of imidazole rings is 1. The molecule has 6 heteroatoms. The molecule has 0 fully saturated rings. The van der Waals surface area contributed by atoms with E-state index in [0.717, 1.165) is 0 Å². The van der Waals surface area contributed by atoms with Gasteiger partial charge in [0, 0.05) is 6.54 Å². The van der Waals surface area contributed by atoms with Crippen LogP contribution in [0.1, 0.15) is 23.0 Å². The van der Waals surface area contributed by atoms with Gasteiger partial charge in [-0.05, 0) is 17.7 Å². The topological polar surface area (TPSA) is 91.4 Å². The molecule has 0 aliphatic rings. The molecule has 19 heavy (non-hydrogen) atoms. The molecule has 1 atom stereocenters. The van der Waals surface area contributed by atoms with Crippen molar-refractivity contribution < 1.29 is 4.39 Å². The Morgan fingerprint density at radius 1 is 1.37 bits per heavy atom. The number of halogens is 1. The number of nitriles is 2. The van der Waals surface area contributed by atoms with Crippen molar-refractivity contribution in [1.29, 1.82) is 10.5 Å². The summed E-state index contributed by atoms with van der Waals surface area (Å²) < 4.78 is 14.7. The first-order valence-electron chi connectivity index (χ1n) is 5.53. The van der Waals surface area contributed by atoms with Gasteiger partial charge in [0.15, 0.2) is 11.4 Å². The van der Waals surface area contributed by atoms with E-state index in [9.17, 15) is 4.39 Å². The monoisotopic (exact) mass is 255 g/mol. The minimum atomic E-state index is -0.431. The predicted molar refractivity (Wildman–Crippen MR) is 65.3 cm³/mol. The Balaban J connectivity index is 2.53. The first kappa shape index (κ1) is 12.7. The van der Waals surface area contributed by atoms with Crippen LogP contribution in [0.2, 0.25) is 0 Å². The van der Waals surface area contributed by atoms with E-state index >= 15 is 0 Å². The molecule has 5 nitrogen and oxygen atoms in total. The van der Waals surface area contributed by atoms with E-state index in [4.69, 9.17) is 16.3 Å². The second kappa shape index (κ2) is 5.30. The zero-order valence-corrected chi connectivity index (χ0v) is 9.92. The van der Waals surface area contributed by atoms with Crippen LogP contribution in [0.5, 0.6) is 0 Å². The lowest BCUT2D eigenvalue weighted by Crippen LogP contribution is -2.21. The molecular weight excluding hydrogens is 245 g/mol. The summed E-state index contributed by atoms with van der Waals surface area (Å²) in [5.74, 6) is -0.380. The Kier molecular flexibility index (Phi) is 3.56. The zero-order chi connectivity index (χ0) is 13.8. The average Bonchev–Trinajstić information content (AvgIpc) is 2.82. The fourth-order valence-corrected chi connectivity index (χ4v) is 1.91. The van der Waals surface area contributed by atoms with E-state index in [0.29, 0.717) is 5.56 Å². The van der Waals surface area contributed by atoms with Crippen molar-refractivity contribution in [2.75, 3.05) is 6.54 Å². The summed E-state index contributed by atoms with van der Waals surface area (Å²) in [4.78, 5) is 3.85. The van der Waals surface area contributed by atoms with Gasteiger partial charge in [0.2, 0.25) is 0 Å². The molecule has 2 N–H and O–H groups in total. The Morgan fingerprint density at radius 2 is 2.16 bits per heavy atom. The zero-order valence-electron chi connectivity index (χ0n) is 9.92. The number of nitrogens with zero attached hydrogens (tertiary/aromatic N) is 4. The lowest BCUT2D eigenvalue weighted by atomic mass is 10.1. The van der Waals surface area contributed by atoms with Crippen LogP contribution >= 0.6 is 0 Å². The predicted octanol–water partition coefficient (Wildman–Crippen LogP) is 1.31. The van der Waals surface area contributed by atoms with Crippen molar-refractivity contribution in [2.45, 2.75) is 6.04 Å². The summed E-state index contributed by atoms with van der Waals surface area (Å²) in [6, 6.07) is 9.30. The number of hydrogen-bond donors (Lipinski definition) is 1. The van der Waals surface area contributed by atoms with Gasteiger partial charge in [-0.1, -0.05) is 12.1 Å². The third kappa shape index (κ3) is 2.30. The molecule has 1 heterocycles. The van der Waals surface area contributed by atoms with E-state index < -0.39 is 6.04 Å². The van der Waals surface area contributed by atoms with Crippen LogP contribution < -0.4 is 5.73 Å². The highest BCUT2D eigenvalue weighted by Gasteiger charge is 2.19. The minimum Gasteiger partial charge on any atom is -0.328 e. The van der Waals surface area contributed by atoms with Gasteiger partial charge in [-0.2, -0.15) is 10.5 Å². The molecule has 0 bridgehead atoms. The highest BCUT2D eigenvalue weighted by molar-refractivity contribution is 5.38. The van der Waals surface area contributed by atoms with Gasteiger partial charge in [-0.3, -0.25) is 0 Å². The van der Waals surface area contributed by atoms with Crippen LogP contribution in [0.15, 0.2) is 30.6 Å². The molecule has 94 valence electrons. The molecule has 0 aliphatic heterocycles. The Bertz CT molecular complexity index is 677. The third-order valence-corrected chi connectivity index (χ3v) is 2.80. The summed E-state index contributed by atoms with van der Waals surface area (Å²) in [6.07, 6.45) is 1.37. The van der Waals surface area contributed by atoms with Crippen molar-refractivity contribution in [1.82, 2.24) is 9.55 Å². The molecular formula is C13H10FN5. The van der Waals surface area contributed by atoms with E-state index in [2.05, 4.69) is 4.98 Å². The number of rotatable bonds is 3. The van der Waals surface area contributed by atoms with Crippen molar-refractivity contribution in [2.24, 2.45) is 5.73 Å². The Hall–Kier alpha value is -2.70. The molecule has 0 saturated heterocycles. The number of hydrogen-bond acceptors (Lipinski definition) is 4. The van der Waals surface area contributed by atoms with Crippen molar-refractivity contribution in [3.8, 4) is 12.1 Å². The van der Waals surface area contributed by atoms with Crippen molar-refractivity contribution in [3.63, 3.8) is 0 Å². The average molecular weight is 255 g/mol. The van der Waals surface area contributed by atoms with E-state index in [-0.39, 0.29) is 23.7 Å². The number of aromatic nitrogens is 2. The van der Waals surface area contributed by atoms with Gasteiger partial charge >= 0.3 is 0 Å². The van der Waals surface area contributed by atoms with Gasteiger partial charge in [0.25, 0.3) is 0 Å². The molecule has 0 spiro atoms. The van der Waals surface area contributed by atoms with Crippen LogP contribution in [0.4, 0.5) is 4.39 Å². The van der Waals surface area contributed by atoms with Crippen LogP contribution in [0.25, 0.3) is 0 Å². The summed E-state index contributed by atoms with van der Waals surface area (Å²) in [5.41, 5.74) is 6.49. The van der Waals surface area contributed by atoms with Crippen LogP contribution in [0, 0.1) is 28.5 Å². The summed E-state index contributed by atoms with van der Waals surface area (Å²) >= 11 is 0. The highest BCUT2D eigenvalue weighted by atomic mass is 19.1. The van der Waals surface area contributed by atoms with Crippen molar-refractivity contribution >= 4 is 0 Å². The number of nitrogens with two attached hydrogens (primary N) is 1. The normalized spacial score (nSPS) is 11.6. The second-order valence-electron chi connectivity index (χ2n) is 3.88. The highest BCUT2D eigenvalue weighted by Crippen LogP contribution is 2.21. The molecule has 1 unspecified atom stereocenters. The van der Waals surface area contributed by atoms with E-state index in [1.807, 2.05) is 12.1 Å². The van der Waals surface area contributed by atoms with Gasteiger partial charge in [-0.15, -0.1) is 0 Å². The fourth-order valence-electron chi connectivity index (χ4n) is 1.91. The van der Waals surface area contributed by atoms with Crippen LogP contribution in [0.3, 0.4) is 0 Å². The summed E-state index contributed by atoms with van der Waals surface area (Å²) in [6.45, 7) is 0.166. The van der Waals surface area contributed by atoms with Crippen LogP contribution in [-0.2, 0) is 0 Å². The van der Waals surface area contributed by atoms with E-state index in [1.165, 1.54) is 23.0 Å². The second-order valence-corrected chi connectivity index (χ2v) is 3.88. The minimum absolute atomic E-state index is 0.0392. The molecule has 1 aromatic heterocycles. The Morgan fingerprint density at radius 3 is 2.74 bits per heavy atom. The standard InChI is InChI=1S/C13H10FN5/c14-10-3-1-2-9(4-10)12(6-16)19-8-18-11(5-15)13(19)7-17/h1-4,8,12H,6,16H2. The molecule has 1 aromatic carbocycles. The Labute approximate surface area is 109 Å². The van der Waals surface area contributed by atoms with Crippen LogP contribution in [-0.4, -0.2) is 16.1 Å². The molecule has 0 radical (unpaired) electrons. The molecule has 0 aliphatic carbocycles. The van der Waals surface area contributed by atoms with Gasteiger partial charge in [-0.25, -0.2) is 9.37 Å². The molecule has 2 rings (SSSR count). The van der Waals surface area contributed by atoms with Gasteiger partial charge in [0.1, 0.15) is 18.0 Å². The molecule has 0 saturated carbocycles. The maximum absolute atomic E-state index is 13.3. The molecule has 2 aromatic rings. The SMILES string of the molecule is N#Cc1ncn(C(CN)c2cccc(F)c2)c1C#N. The maximum Gasteiger partial charge on any atom is 0.176 e. The quantitative estimate of drug-likeness (QED) is 0.895. The largest absolute Gasteiger partial charge is 0.328 e. The van der Waals surface area contributed by atoms with Gasteiger partial charge in [0.05, 0.1) is 12.4 Å². The van der Waals surface area contributed by atoms with Crippen molar-refractivity contribution in [3.05, 3.63) is 53.4 Å². The first-order valence-corrected chi connectivity index (χ1v) is 5.53. The molecule has 0 amide bonds. The van der Waals surface area contributed by atoms with Gasteiger partial charge < -0.3 is 10.3 Å². The smallest absolute Gasteiger partial charge is 0.176 e. The summed E-state index contributed by atoms with van der Waals surface area (Å²) in [5, 5.41) is 18.0.